The van der Waals surface area contributed by atoms with Crippen LogP contribution in [0.15, 0.2) is 30.9 Å². The summed E-state index contributed by atoms with van der Waals surface area (Å²) in [5.74, 6) is 0.754. The summed E-state index contributed by atoms with van der Waals surface area (Å²) in [7, 11) is 1.93. The van der Waals surface area contributed by atoms with Crippen molar-refractivity contribution in [2.45, 2.75) is 0 Å². The lowest BCUT2D eigenvalue weighted by Crippen LogP contribution is -1.80. The van der Waals surface area contributed by atoms with Crippen molar-refractivity contribution < 1.29 is 0 Å². The van der Waals surface area contributed by atoms with Crippen LogP contribution in [0.4, 0.5) is 0 Å². The molecule has 3 rings (SSSR count). The van der Waals surface area contributed by atoms with Crippen LogP contribution in [0.2, 0.25) is 0 Å². The van der Waals surface area contributed by atoms with Crippen LogP contribution in [0.25, 0.3) is 22.7 Å². The number of rotatable bonds is 1. The van der Waals surface area contributed by atoms with E-state index in [0.29, 0.717) is 0 Å². The minimum absolute atomic E-state index is 0.721. The largest absolute Gasteiger partial charge is 0.340 e. The number of aromatic nitrogens is 5. The molecule has 3 heterocycles. The van der Waals surface area contributed by atoms with Gasteiger partial charge in [-0.2, -0.15) is 0 Å². The lowest BCUT2D eigenvalue weighted by molar-refractivity contribution is 0.913. The second-order valence-corrected chi connectivity index (χ2v) is 3.38. The maximum absolute atomic E-state index is 4.35. The molecular formula is C10H9N5. The van der Waals surface area contributed by atoms with E-state index in [1.54, 1.807) is 12.5 Å². The first-order valence-corrected chi connectivity index (χ1v) is 4.62. The molecule has 0 aromatic carbocycles. The van der Waals surface area contributed by atoms with E-state index in [-0.39, 0.29) is 0 Å². The molecule has 0 aliphatic rings. The van der Waals surface area contributed by atoms with Crippen molar-refractivity contribution in [2.75, 3.05) is 0 Å². The van der Waals surface area contributed by atoms with Crippen LogP contribution in [0, 0.1) is 0 Å². The van der Waals surface area contributed by atoms with Crippen LogP contribution >= 0.6 is 0 Å². The number of hydrogen-bond acceptors (Lipinski definition) is 3. The van der Waals surface area contributed by atoms with Gasteiger partial charge in [-0.05, 0) is 12.1 Å². The quantitative estimate of drug-likeness (QED) is 0.643. The van der Waals surface area contributed by atoms with E-state index in [1.807, 2.05) is 29.9 Å². The first-order chi connectivity index (χ1) is 7.33. The van der Waals surface area contributed by atoms with Crippen LogP contribution in [0.1, 0.15) is 0 Å². The maximum Gasteiger partial charge on any atom is 0.178 e. The van der Waals surface area contributed by atoms with Crippen molar-refractivity contribution in [2.24, 2.45) is 7.05 Å². The Kier molecular flexibility index (Phi) is 1.58. The van der Waals surface area contributed by atoms with Crippen LogP contribution in [0.3, 0.4) is 0 Å². The van der Waals surface area contributed by atoms with E-state index in [0.717, 1.165) is 22.7 Å². The number of aryl methyl sites for hydroxylation is 1. The summed E-state index contributed by atoms with van der Waals surface area (Å²) in [6.07, 6.45) is 5.39. The zero-order valence-corrected chi connectivity index (χ0v) is 8.18. The number of aromatic amines is 1. The van der Waals surface area contributed by atoms with Gasteiger partial charge in [0.25, 0.3) is 0 Å². The maximum atomic E-state index is 4.35. The molecule has 1 N–H and O–H groups in total. The smallest absolute Gasteiger partial charge is 0.178 e. The summed E-state index contributed by atoms with van der Waals surface area (Å²) >= 11 is 0. The number of hydrogen-bond donors (Lipinski definition) is 1. The summed E-state index contributed by atoms with van der Waals surface area (Å²) < 4.78 is 1.88. The van der Waals surface area contributed by atoms with Crippen molar-refractivity contribution in [3.8, 4) is 11.5 Å². The Morgan fingerprint density at radius 2 is 2.27 bits per heavy atom. The van der Waals surface area contributed by atoms with Gasteiger partial charge < -0.3 is 9.55 Å². The van der Waals surface area contributed by atoms with E-state index >= 15 is 0 Å². The third-order valence-electron chi connectivity index (χ3n) is 2.20. The molecule has 5 heteroatoms. The molecule has 5 nitrogen and oxygen atoms in total. The molecule has 74 valence electrons. The van der Waals surface area contributed by atoms with Crippen molar-refractivity contribution >= 4 is 11.2 Å². The summed E-state index contributed by atoms with van der Waals surface area (Å²) in [5, 5.41) is 0. The Labute approximate surface area is 85.8 Å². The van der Waals surface area contributed by atoms with Gasteiger partial charge in [-0.25, -0.2) is 15.0 Å². The highest BCUT2D eigenvalue weighted by Crippen LogP contribution is 2.16. The van der Waals surface area contributed by atoms with E-state index in [4.69, 9.17) is 0 Å². The van der Waals surface area contributed by atoms with Crippen molar-refractivity contribution in [3.63, 3.8) is 0 Å². The zero-order chi connectivity index (χ0) is 10.3. The summed E-state index contributed by atoms with van der Waals surface area (Å²) in [6.45, 7) is 0. The van der Waals surface area contributed by atoms with Crippen molar-refractivity contribution in [1.82, 2.24) is 24.5 Å². The highest BCUT2D eigenvalue weighted by atomic mass is 15.1. The van der Waals surface area contributed by atoms with Gasteiger partial charge >= 0.3 is 0 Å². The van der Waals surface area contributed by atoms with Gasteiger partial charge in [0.1, 0.15) is 5.69 Å². The second-order valence-electron chi connectivity index (χ2n) is 3.38. The normalized spacial score (nSPS) is 11.0. The van der Waals surface area contributed by atoms with Crippen molar-refractivity contribution in [3.05, 3.63) is 30.9 Å². The lowest BCUT2D eigenvalue weighted by atomic mass is 10.4. The molecule has 0 radical (unpaired) electrons. The molecule has 15 heavy (non-hydrogen) atoms. The average molecular weight is 199 g/mol. The van der Waals surface area contributed by atoms with Crippen LogP contribution in [-0.4, -0.2) is 24.5 Å². The van der Waals surface area contributed by atoms with Gasteiger partial charge in [-0.1, -0.05) is 0 Å². The molecule has 0 aliphatic heterocycles. The average Bonchev–Trinajstić information content (AvgIpc) is 2.82. The third-order valence-corrected chi connectivity index (χ3v) is 2.20. The number of fused-ring (bicyclic) bond motifs is 1. The summed E-state index contributed by atoms with van der Waals surface area (Å²) in [4.78, 5) is 15.9. The SMILES string of the molecule is Cn1cnc(-c2nc3ncccc3[nH]2)c1. The molecule has 0 saturated heterocycles. The fourth-order valence-corrected chi connectivity index (χ4v) is 1.50. The van der Waals surface area contributed by atoms with E-state index in [2.05, 4.69) is 19.9 Å². The standard InChI is InChI=1S/C10H9N5/c1-15-5-8(12-6-15)10-13-7-3-2-4-11-9(7)14-10/h2-6H,1H3,(H,11,13,14). The monoisotopic (exact) mass is 199 g/mol. The Morgan fingerprint density at radius 3 is 3.00 bits per heavy atom. The number of imidazole rings is 2. The molecule has 0 aliphatic carbocycles. The molecule has 3 aromatic rings. The number of H-pyrrole nitrogens is 1. The molecule has 3 aromatic heterocycles. The Balaban J connectivity index is 2.19. The number of pyridine rings is 1. The predicted octanol–water partition coefficient (Wildman–Crippen LogP) is 1.36. The van der Waals surface area contributed by atoms with Gasteiger partial charge in [0.2, 0.25) is 0 Å². The van der Waals surface area contributed by atoms with Gasteiger partial charge in [0.05, 0.1) is 11.8 Å². The van der Waals surface area contributed by atoms with Crippen LogP contribution < -0.4 is 0 Å². The Morgan fingerprint density at radius 1 is 1.33 bits per heavy atom. The highest BCUT2D eigenvalue weighted by Gasteiger charge is 2.07. The molecule has 0 bridgehead atoms. The topological polar surface area (TPSA) is 59.4 Å². The van der Waals surface area contributed by atoms with E-state index in [1.165, 1.54) is 0 Å². The van der Waals surface area contributed by atoms with Gasteiger partial charge in [0.15, 0.2) is 11.5 Å². The third kappa shape index (κ3) is 1.28. The Hall–Kier alpha value is -2.17. The summed E-state index contributed by atoms with van der Waals surface area (Å²) in [6, 6.07) is 3.82. The first kappa shape index (κ1) is 8.16. The molecule has 0 spiro atoms. The van der Waals surface area contributed by atoms with Crippen molar-refractivity contribution in [1.29, 1.82) is 0 Å². The molecule has 0 amide bonds. The van der Waals surface area contributed by atoms with Gasteiger partial charge in [-0.3, -0.25) is 0 Å². The minimum Gasteiger partial charge on any atom is -0.340 e. The van der Waals surface area contributed by atoms with Gasteiger partial charge in [-0.15, -0.1) is 0 Å². The molecule has 0 atom stereocenters. The number of nitrogens with zero attached hydrogens (tertiary/aromatic N) is 4. The van der Waals surface area contributed by atoms with E-state index < -0.39 is 0 Å². The minimum atomic E-state index is 0.721. The molecule has 0 unspecified atom stereocenters. The molecule has 0 saturated carbocycles. The number of nitrogens with one attached hydrogen (secondary N) is 1. The molecular weight excluding hydrogens is 190 g/mol. The fourth-order valence-electron chi connectivity index (χ4n) is 1.50. The van der Waals surface area contributed by atoms with Crippen LogP contribution in [0.5, 0.6) is 0 Å². The predicted molar refractivity (Wildman–Crippen MR) is 56.1 cm³/mol. The zero-order valence-electron chi connectivity index (χ0n) is 8.18. The Bertz CT molecular complexity index is 574. The molecule has 0 fully saturated rings. The fraction of sp³-hybridized carbons (Fsp3) is 0.100. The highest BCUT2D eigenvalue weighted by molar-refractivity contribution is 5.74. The first-order valence-electron chi connectivity index (χ1n) is 4.62. The van der Waals surface area contributed by atoms with E-state index in [9.17, 15) is 0 Å². The second kappa shape index (κ2) is 2.91. The lowest BCUT2D eigenvalue weighted by Gasteiger charge is -1.86. The van der Waals surface area contributed by atoms with Gasteiger partial charge in [0, 0.05) is 19.4 Å². The summed E-state index contributed by atoms with van der Waals surface area (Å²) in [5.41, 5.74) is 2.48. The van der Waals surface area contributed by atoms with Crippen LogP contribution in [-0.2, 0) is 7.05 Å².